The summed E-state index contributed by atoms with van der Waals surface area (Å²) in [6.07, 6.45) is 0.252. The average molecular weight is 403 g/mol. The fourth-order valence-corrected chi connectivity index (χ4v) is 6.56. The van der Waals surface area contributed by atoms with E-state index in [9.17, 15) is 13.3 Å². The first-order valence-corrected chi connectivity index (χ1v) is 11.4. The van der Waals surface area contributed by atoms with E-state index in [1.807, 2.05) is 30.3 Å². The van der Waals surface area contributed by atoms with Gasteiger partial charge in [0.15, 0.2) is 5.78 Å². The van der Waals surface area contributed by atoms with Gasteiger partial charge >= 0.3 is 7.60 Å². The first-order chi connectivity index (χ1) is 12.0. The Balaban J connectivity index is 2.49. The van der Waals surface area contributed by atoms with Gasteiger partial charge < -0.3 is 9.05 Å². The van der Waals surface area contributed by atoms with Crippen molar-refractivity contribution in [2.24, 2.45) is 0 Å². The maximum atomic E-state index is 13.4. The minimum Gasteiger partial charge on any atom is -0.307 e. The van der Waals surface area contributed by atoms with Gasteiger partial charge in [0.05, 0.1) is 13.2 Å². The molecule has 25 heavy (non-hydrogen) atoms. The second-order valence-electron chi connectivity index (χ2n) is 5.05. The van der Waals surface area contributed by atoms with E-state index in [0.29, 0.717) is 5.00 Å². The van der Waals surface area contributed by atoms with Crippen LogP contribution < -0.4 is 4.31 Å². The van der Waals surface area contributed by atoms with Crippen LogP contribution in [0.3, 0.4) is 0 Å². The molecule has 2 unspecified atom stereocenters. The van der Waals surface area contributed by atoms with Crippen LogP contribution in [0, 0.1) is 0 Å². The van der Waals surface area contributed by atoms with E-state index in [4.69, 9.17) is 9.05 Å². The molecule has 0 amide bonds. The number of hydrogen-bond acceptors (Lipinski definition) is 5. The van der Waals surface area contributed by atoms with Crippen LogP contribution in [0.1, 0.15) is 19.4 Å². The number of nitrogens with zero attached hydrogens (tertiary/aromatic N) is 1. The Labute approximate surface area is 154 Å². The molecule has 1 aromatic carbocycles. The molecule has 2 rings (SSSR count). The van der Waals surface area contributed by atoms with Crippen molar-refractivity contribution in [3.63, 3.8) is 0 Å². The fourth-order valence-electron chi connectivity index (χ4n) is 2.44. The second-order valence-corrected chi connectivity index (χ2v) is 9.03. The first kappa shape index (κ1) is 20.3. The Morgan fingerprint density at radius 1 is 1.16 bits per heavy atom. The summed E-state index contributed by atoms with van der Waals surface area (Å²) in [5, 5.41) is 2.32. The van der Waals surface area contributed by atoms with Crippen LogP contribution >= 0.6 is 18.9 Å². The second kappa shape index (κ2) is 9.62. The van der Waals surface area contributed by atoms with Crippen LogP contribution in [-0.4, -0.2) is 27.8 Å². The Kier molecular flexibility index (Phi) is 7.81. The van der Waals surface area contributed by atoms with E-state index in [0.717, 1.165) is 5.56 Å². The molecule has 0 bridgehead atoms. The molecule has 0 fully saturated rings. The summed E-state index contributed by atoms with van der Waals surface area (Å²) in [5.41, 5.74) is 0.874. The van der Waals surface area contributed by atoms with Gasteiger partial charge in [-0.3, -0.25) is 9.12 Å². The third-order valence-electron chi connectivity index (χ3n) is 3.41. The highest BCUT2D eigenvalue weighted by Crippen LogP contribution is 2.56. The predicted octanol–water partition coefficient (Wildman–Crippen LogP) is 4.53. The zero-order chi connectivity index (χ0) is 18.3. The van der Waals surface area contributed by atoms with E-state index in [2.05, 4.69) is 0 Å². The summed E-state index contributed by atoms with van der Waals surface area (Å²) in [6, 6.07) is 12.8. The van der Waals surface area contributed by atoms with Gasteiger partial charge in [-0.2, -0.15) is 0 Å². The third kappa shape index (κ3) is 5.23. The van der Waals surface area contributed by atoms with Crippen molar-refractivity contribution in [2.75, 3.05) is 17.5 Å². The lowest BCUT2D eigenvalue weighted by Gasteiger charge is -2.33. The molecular weight excluding hydrogens is 381 g/mol. The van der Waals surface area contributed by atoms with Crippen LogP contribution in [0.15, 0.2) is 47.8 Å². The van der Waals surface area contributed by atoms with Crippen molar-refractivity contribution in [1.82, 2.24) is 0 Å². The van der Waals surface area contributed by atoms with Gasteiger partial charge in [0.2, 0.25) is 0 Å². The van der Waals surface area contributed by atoms with Crippen molar-refractivity contribution < 1.29 is 22.4 Å². The van der Waals surface area contributed by atoms with E-state index in [-0.39, 0.29) is 19.6 Å². The minimum absolute atomic E-state index is 0.179. The number of benzene rings is 1. The molecule has 0 saturated carbocycles. The Morgan fingerprint density at radius 2 is 1.80 bits per heavy atom. The number of hydrogen-bond donors (Lipinski definition) is 1. The highest BCUT2D eigenvalue weighted by molar-refractivity contribution is 7.81. The van der Waals surface area contributed by atoms with E-state index in [1.54, 1.807) is 31.4 Å². The van der Waals surface area contributed by atoms with Crippen molar-refractivity contribution >= 4 is 35.2 Å². The third-order valence-corrected chi connectivity index (χ3v) is 7.71. The summed E-state index contributed by atoms with van der Waals surface area (Å²) >= 11 is -1.09. The van der Waals surface area contributed by atoms with Crippen LogP contribution in [0.5, 0.6) is 0 Å². The lowest BCUT2D eigenvalue weighted by molar-refractivity contribution is 0.212. The molecule has 0 aliphatic carbocycles. The maximum Gasteiger partial charge on any atom is 0.354 e. The maximum absolute atomic E-state index is 13.4. The quantitative estimate of drug-likeness (QED) is 0.466. The molecule has 0 aliphatic heterocycles. The topological polar surface area (TPSA) is 76.1 Å². The summed E-state index contributed by atoms with van der Waals surface area (Å²) in [7, 11) is -3.67. The summed E-state index contributed by atoms with van der Waals surface area (Å²) in [4.78, 5) is 0. The zero-order valence-electron chi connectivity index (χ0n) is 14.1. The molecule has 0 saturated heterocycles. The molecule has 9 heteroatoms. The highest BCUT2D eigenvalue weighted by Gasteiger charge is 2.43. The molecule has 0 spiro atoms. The SMILES string of the molecule is CCOP(=O)(OCC)C(Cc1ccccc1)N(c1cccs1)S(=O)O. The number of anilines is 1. The highest BCUT2D eigenvalue weighted by atomic mass is 32.2. The fraction of sp³-hybridized carbons (Fsp3) is 0.375. The van der Waals surface area contributed by atoms with Crippen LogP contribution in [-0.2, 0) is 31.3 Å². The monoisotopic (exact) mass is 403 g/mol. The van der Waals surface area contributed by atoms with E-state index in [1.165, 1.54) is 15.6 Å². The molecule has 0 aliphatic rings. The summed E-state index contributed by atoms with van der Waals surface area (Å²) < 4.78 is 47.6. The standard InChI is InChI=1S/C16H22NO5PS2/c1-3-21-23(18,22-4-2)15(13-14-9-6-5-7-10-14)17(25(19)20)16-11-8-12-24-16/h5-12,15H,3-4,13H2,1-2H3,(H,19,20). The largest absolute Gasteiger partial charge is 0.354 e. The van der Waals surface area contributed by atoms with E-state index < -0.39 is 24.6 Å². The molecule has 2 aromatic rings. The molecule has 1 N–H and O–H groups in total. The Morgan fingerprint density at radius 3 is 2.28 bits per heavy atom. The van der Waals surface area contributed by atoms with Crippen LogP contribution in [0.4, 0.5) is 5.00 Å². The van der Waals surface area contributed by atoms with Crippen molar-refractivity contribution in [2.45, 2.75) is 26.1 Å². The van der Waals surface area contributed by atoms with Crippen molar-refractivity contribution in [3.8, 4) is 0 Å². The van der Waals surface area contributed by atoms with Gasteiger partial charge in [0.1, 0.15) is 5.00 Å². The molecule has 1 heterocycles. The van der Waals surface area contributed by atoms with E-state index >= 15 is 0 Å². The van der Waals surface area contributed by atoms with Crippen molar-refractivity contribution in [1.29, 1.82) is 0 Å². The first-order valence-electron chi connectivity index (χ1n) is 7.88. The van der Waals surface area contributed by atoms with Crippen molar-refractivity contribution in [3.05, 3.63) is 53.4 Å². The molecule has 6 nitrogen and oxygen atoms in total. The smallest absolute Gasteiger partial charge is 0.307 e. The lowest BCUT2D eigenvalue weighted by atomic mass is 10.1. The Hall–Kier alpha value is -1.02. The molecule has 2 atom stereocenters. The average Bonchev–Trinajstić information content (AvgIpc) is 3.09. The van der Waals surface area contributed by atoms with Gasteiger partial charge in [0, 0.05) is 6.42 Å². The molecular formula is C16H22NO5PS2. The number of thiophene rings is 1. The van der Waals surface area contributed by atoms with Crippen LogP contribution in [0.25, 0.3) is 0 Å². The predicted molar refractivity (Wildman–Crippen MR) is 102 cm³/mol. The van der Waals surface area contributed by atoms with Gasteiger partial charge in [-0.25, -0.2) is 8.51 Å². The van der Waals surface area contributed by atoms with Gasteiger partial charge in [-0.15, -0.1) is 11.3 Å². The minimum atomic E-state index is -3.67. The molecule has 1 aromatic heterocycles. The normalized spacial score (nSPS) is 14.2. The van der Waals surface area contributed by atoms with Gasteiger partial charge in [-0.1, -0.05) is 30.3 Å². The summed E-state index contributed by atoms with van der Waals surface area (Å²) in [6.45, 7) is 3.80. The van der Waals surface area contributed by atoms with Gasteiger partial charge in [0.25, 0.3) is 11.3 Å². The molecule has 138 valence electrons. The lowest BCUT2D eigenvalue weighted by Crippen LogP contribution is -2.38. The van der Waals surface area contributed by atoms with Crippen LogP contribution in [0.2, 0.25) is 0 Å². The Bertz CT molecular complexity index is 701. The number of rotatable bonds is 10. The molecule has 0 radical (unpaired) electrons. The zero-order valence-corrected chi connectivity index (χ0v) is 16.6. The van der Waals surface area contributed by atoms with Gasteiger partial charge in [-0.05, 0) is 36.9 Å². The summed E-state index contributed by atoms with van der Waals surface area (Å²) in [5.74, 6) is -0.917.